The molecule has 0 unspecified atom stereocenters. The fourth-order valence-corrected chi connectivity index (χ4v) is 4.11. The Labute approximate surface area is 159 Å². The Bertz CT molecular complexity index is 888. The van der Waals surface area contributed by atoms with Crippen molar-refractivity contribution in [3.8, 4) is 16.2 Å². The van der Waals surface area contributed by atoms with E-state index >= 15 is 0 Å². The summed E-state index contributed by atoms with van der Waals surface area (Å²) in [6, 6.07) is 13.2. The Morgan fingerprint density at radius 1 is 1.08 bits per heavy atom. The average Bonchev–Trinajstić information content (AvgIpc) is 3.33. The van der Waals surface area contributed by atoms with Gasteiger partial charge in [0, 0.05) is 21.9 Å². The van der Waals surface area contributed by atoms with Crippen LogP contribution in [-0.4, -0.2) is 25.5 Å². The van der Waals surface area contributed by atoms with E-state index < -0.39 is 11.8 Å². The molecular formula is C19H18N2O3S2. The third kappa shape index (κ3) is 4.50. The van der Waals surface area contributed by atoms with Gasteiger partial charge in [0.1, 0.15) is 5.75 Å². The molecule has 0 aliphatic rings. The molecule has 7 heteroatoms. The molecule has 2 heterocycles. The number of hydrogen-bond donors (Lipinski definition) is 2. The fraction of sp³-hybridized carbons (Fsp3) is 0.158. The lowest BCUT2D eigenvalue weighted by Crippen LogP contribution is -2.36. The summed E-state index contributed by atoms with van der Waals surface area (Å²) >= 11 is 3.36. The molecule has 5 nitrogen and oxygen atoms in total. The van der Waals surface area contributed by atoms with E-state index in [0.29, 0.717) is 24.4 Å². The quantitative estimate of drug-likeness (QED) is 0.634. The first-order valence-electron chi connectivity index (χ1n) is 8.01. The molecule has 0 aliphatic heterocycles. The van der Waals surface area contributed by atoms with Gasteiger partial charge in [-0.05, 0) is 47.5 Å². The highest BCUT2D eigenvalue weighted by Crippen LogP contribution is 2.29. The monoisotopic (exact) mass is 386 g/mol. The van der Waals surface area contributed by atoms with Crippen LogP contribution in [0.4, 0.5) is 5.69 Å². The van der Waals surface area contributed by atoms with Gasteiger partial charge in [0.05, 0.1) is 12.8 Å². The van der Waals surface area contributed by atoms with Crippen LogP contribution in [0.3, 0.4) is 0 Å². The minimum Gasteiger partial charge on any atom is -0.495 e. The average molecular weight is 386 g/mol. The summed E-state index contributed by atoms with van der Waals surface area (Å²) in [5.74, 6) is -0.863. The lowest BCUT2D eigenvalue weighted by atomic mass is 10.2. The Balaban J connectivity index is 1.49. The van der Waals surface area contributed by atoms with E-state index in [2.05, 4.69) is 39.6 Å². The summed E-state index contributed by atoms with van der Waals surface area (Å²) in [6.07, 6.45) is 0.683. The van der Waals surface area contributed by atoms with Gasteiger partial charge >= 0.3 is 11.8 Å². The van der Waals surface area contributed by atoms with Gasteiger partial charge < -0.3 is 15.4 Å². The highest BCUT2D eigenvalue weighted by Gasteiger charge is 2.15. The van der Waals surface area contributed by atoms with Gasteiger partial charge in [-0.2, -0.15) is 11.3 Å². The van der Waals surface area contributed by atoms with E-state index in [1.165, 1.54) is 17.6 Å². The van der Waals surface area contributed by atoms with Gasteiger partial charge in [0.2, 0.25) is 0 Å². The second-order valence-electron chi connectivity index (χ2n) is 5.44. The van der Waals surface area contributed by atoms with Crippen molar-refractivity contribution in [2.24, 2.45) is 0 Å². The molecule has 0 atom stereocenters. The molecule has 3 aromatic rings. The largest absolute Gasteiger partial charge is 0.495 e. The van der Waals surface area contributed by atoms with Gasteiger partial charge in [0.15, 0.2) is 0 Å². The van der Waals surface area contributed by atoms with Crippen LogP contribution >= 0.6 is 22.7 Å². The van der Waals surface area contributed by atoms with Crippen LogP contribution in [0.5, 0.6) is 5.75 Å². The van der Waals surface area contributed by atoms with Crippen LogP contribution in [0.15, 0.2) is 53.2 Å². The molecular weight excluding hydrogens is 368 g/mol. The summed E-state index contributed by atoms with van der Waals surface area (Å²) in [4.78, 5) is 26.4. The van der Waals surface area contributed by atoms with Crippen molar-refractivity contribution < 1.29 is 14.3 Å². The SMILES string of the molecule is COc1ccccc1NC(=O)C(=O)NCCc1ccc(-c2ccsc2)s1. The van der Waals surface area contributed by atoms with E-state index in [4.69, 9.17) is 4.74 Å². The number of benzene rings is 1. The number of methoxy groups -OCH3 is 1. The number of amides is 2. The van der Waals surface area contributed by atoms with E-state index in [1.807, 2.05) is 0 Å². The van der Waals surface area contributed by atoms with Gasteiger partial charge in [-0.1, -0.05) is 12.1 Å². The Morgan fingerprint density at radius 3 is 2.69 bits per heavy atom. The molecule has 0 saturated heterocycles. The molecule has 0 bridgehead atoms. The predicted octanol–water partition coefficient (Wildman–Crippen LogP) is 3.78. The number of ether oxygens (including phenoxy) is 1. The number of para-hydroxylation sites is 2. The Hall–Kier alpha value is -2.64. The third-order valence-corrected chi connectivity index (χ3v) is 5.56. The van der Waals surface area contributed by atoms with Gasteiger partial charge in [-0.25, -0.2) is 0 Å². The van der Waals surface area contributed by atoms with Crippen LogP contribution < -0.4 is 15.4 Å². The van der Waals surface area contributed by atoms with Crippen molar-refractivity contribution in [2.75, 3.05) is 19.0 Å². The minimum absolute atomic E-state index is 0.405. The van der Waals surface area contributed by atoms with Crippen LogP contribution in [0, 0.1) is 0 Å². The molecule has 26 heavy (non-hydrogen) atoms. The Morgan fingerprint density at radius 2 is 1.92 bits per heavy atom. The van der Waals surface area contributed by atoms with Crippen molar-refractivity contribution in [2.45, 2.75) is 6.42 Å². The topological polar surface area (TPSA) is 67.4 Å². The lowest BCUT2D eigenvalue weighted by Gasteiger charge is -2.09. The van der Waals surface area contributed by atoms with E-state index in [9.17, 15) is 9.59 Å². The molecule has 3 rings (SSSR count). The maximum atomic E-state index is 12.0. The zero-order valence-corrected chi connectivity index (χ0v) is 15.8. The zero-order chi connectivity index (χ0) is 18.4. The van der Waals surface area contributed by atoms with Crippen molar-refractivity contribution in [3.05, 3.63) is 58.1 Å². The first-order chi connectivity index (χ1) is 12.7. The standard InChI is InChI=1S/C19H18N2O3S2/c1-24-16-5-3-2-4-15(16)21-19(23)18(22)20-10-8-14-6-7-17(26-14)13-9-11-25-12-13/h2-7,9,11-12H,8,10H2,1H3,(H,20,22)(H,21,23). The number of hydrogen-bond acceptors (Lipinski definition) is 5. The van der Waals surface area contributed by atoms with Crippen LogP contribution in [0.25, 0.3) is 10.4 Å². The maximum absolute atomic E-state index is 12.0. The number of thiophene rings is 2. The summed E-state index contributed by atoms with van der Waals surface area (Å²) < 4.78 is 5.15. The van der Waals surface area contributed by atoms with Gasteiger partial charge in [-0.15, -0.1) is 11.3 Å². The van der Waals surface area contributed by atoms with Crippen LogP contribution in [-0.2, 0) is 16.0 Å². The molecule has 2 N–H and O–H groups in total. The number of carbonyl (C=O) groups excluding carboxylic acids is 2. The van der Waals surface area contributed by atoms with E-state index in [0.717, 1.165) is 4.88 Å². The molecule has 0 fully saturated rings. The summed E-state index contributed by atoms with van der Waals surface area (Å²) in [5, 5.41) is 9.37. The van der Waals surface area contributed by atoms with Crippen molar-refractivity contribution in [1.82, 2.24) is 5.32 Å². The second-order valence-corrected chi connectivity index (χ2v) is 7.39. The van der Waals surface area contributed by atoms with Gasteiger partial charge in [0.25, 0.3) is 0 Å². The predicted molar refractivity (Wildman–Crippen MR) is 106 cm³/mol. The normalized spacial score (nSPS) is 10.3. The molecule has 1 aromatic carbocycles. The molecule has 134 valence electrons. The van der Waals surface area contributed by atoms with Crippen LogP contribution in [0.1, 0.15) is 4.88 Å². The zero-order valence-electron chi connectivity index (χ0n) is 14.2. The van der Waals surface area contributed by atoms with Crippen LogP contribution in [0.2, 0.25) is 0 Å². The molecule has 0 spiro atoms. The summed E-state index contributed by atoms with van der Waals surface area (Å²) in [6.45, 7) is 0.405. The van der Waals surface area contributed by atoms with E-state index in [1.54, 1.807) is 46.9 Å². The molecule has 2 aromatic heterocycles. The fourth-order valence-electron chi connectivity index (χ4n) is 2.38. The van der Waals surface area contributed by atoms with Gasteiger partial charge in [-0.3, -0.25) is 9.59 Å². The third-order valence-electron chi connectivity index (χ3n) is 3.69. The lowest BCUT2D eigenvalue weighted by molar-refractivity contribution is -0.136. The number of rotatable bonds is 6. The van der Waals surface area contributed by atoms with Crippen molar-refractivity contribution in [1.29, 1.82) is 0 Å². The smallest absolute Gasteiger partial charge is 0.313 e. The highest BCUT2D eigenvalue weighted by atomic mass is 32.1. The first kappa shape index (κ1) is 18.2. The summed E-state index contributed by atoms with van der Waals surface area (Å²) in [7, 11) is 1.51. The van der Waals surface area contributed by atoms with Crippen molar-refractivity contribution >= 4 is 40.2 Å². The summed E-state index contributed by atoms with van der Waals surface area (Å²) in [5.41, 5.74) is 1.68. The number of carbonyl (C=O) groups is 2. The number of nitrogens with one attached hydrogen (secondary N) is 2. The minimum atomic E-state index is -0.709. The molecule has 0 aliphatic carbocycles. The number of anilines is 1. The molecule has 0 radical (unpaired) electrons. The van der Waals surface area contributed by atoms with E-state index in [-0.39, 0.29) is 0 Å². The molecule has 2 amide bonds. The first-order valence-corrected chi connectivity index (χ1v) is 9.77. The van der Waals surface area contributed by atoms with Crippen molar-refractivity contribution in [3.63, 3.8) is 0 Å². The maximum Gasteiger partial charge on any atom is 0.313 e. The molecule has 0 saturated carbocycles. The Kier molecular flexibility index (Phi) is 6.04. The second kappa shape index (κ2) is 8.64. The highest BCUT2D eigenvalue weighted by molar-refractivity contribution is 7.16.